The Morgan fingerprint density at radius 3 is 2.30 bits per heavy atom. The molecule has 0 spiro atoms. The minimum absolute atomic E-state index is 0.156. The van der Waals surface area contributed by atoms with Gasteiger partial charge in [-0.3, -0.25) is 9.59 Å². The standard InChI is InChI=1S/C15H8N4O4/c20-13-9-3-1-2-4-10(9)14(21)19(13)23-15(22)8-5-6-11-12(7-8)17-18-16-11/h1-7H,(H,16,17,18). The van der Waals surface area contributed by atoms with Crippen molar-refractivity contribution in [3.05, 3.63) is 59.2 Å². The van der Waals surface area contributed by atoms with E-state index >= 15 is 0 Å². The van der Waals surface area contributed by atoms with Crippen LogP contribution in [0.15, 0.2) is 42.5 Å². The summed E-state index contributed by atoms with van der Waals surface area (Å²) < 4.78 is 0. The second kappa shape index (κ2) is 4.73. The van der Waals surface area contributed by atoms with E-state index in [2.05, 4.69) is 15.4 Å². The highest BCUT2D eigenvalue weighted by molar-refractivity contribution is 6.21. The molecule has 2 heterocycles. The van der Waals surface area contributed by atoms with E-state index in [4.69, 9.17) is 4.84 Å². The molecular formula is C15H8N4O4. The molecule has 112 valence electrons. The lowest BCUT2D eigenvalue weighted by atomic mass is 10.1. The largest absolute Gasteiger partial charge is 0.364 e. The van der Waals surface area contributed by atoms with Gasteiger partial charge < -0.3 is 4.84 Å². The van der Waals surface area contributed by atoms with Crippen molar-refractivity contribution in [3.8, 4) is 0 Å². The fraction of sp³-hybridized carbons (Fsp3) is 0. The monoisotopic (exact) mass is 308 g/mol. The Morgan fingerprint density at radius 1 is 0.957 bits per heavy atom. The molecule has 1 N–H and O–H groups in total. The Labute approximate surface area is 128 Å². The van der Waals surface area contributed by atoms with Crippen LogP contribution in [0.25, 0.3) is 11.0 Å². The summed E-state index contributed by atoms with van der Waals surface area (Å²) >= 11 is 0. The Balaban J connectivity index is 1.62. The van der Waals surface area contributed by atoms with Crippen LogP contribution in [-0.4, -0.2) is 38.3 Å². The first-order valence-electron chi connectivity index (χ1n) is 6.66. The number of nitrogens with zero attached hydrogens (tertiary/aromatic N) is 3. The molecule has 23 heavy (non-hydrogen) atoms. The Bertz CT molecular complexity index is 943. The molecule has 0 fully saturated rings. The topological polar surface area (TPSA) is 105 Å². The smallest absolute Gasteiger partial charge is 0.324 e. The molecule has 0 radical (unpaired) electrons. The highest BCUT2D eigenvalue weighted by Crippen LogP contribution is 2.23. The molecule has 8 nitrogen and oxygen atoms in total. The fourth-order valence-electron chi connectivity index (χ4n) is 2.35. The molecule has 0 bridgehead atoms. The average Bonchev–Trinajstić information content (AvgIpc) is 3.13. The normalized spacial score (nSPS) is 13.5. The Kier molecular flexibility index (Phi) is 2.70. The molecule has 1 aliphatic rings. The van der Waals surface area contributed by atoms with Crippen LogP contribution >= 0.6 is 0 Å². The number of hydroxylamine groups is 2. The predicted molar refractivity (Wildman–Crippen MR) is 76.2 cm³/mol. The van der Waals surface area contributed by atoms with Gasteiger partial charge in [0.25, 0.3) is 11.8 Å². The highest BCUT2D eigenvalue weighted by Gasteiger charge is 2.38. The molecule has 0 unspecified atom stereocenters. The summed E-state index contributed by atoms with van der Waals surface area (Å²) in [6, 6.07) is 10.8. The number of amides is 2. The highest BCUT2D eigenvalue weighted by atomic mass is 16.7. The molecule has 0 saturated carbocycles. The number of carbonyl (C=O) groups is 3. The summed E-state index contributed by atoms with van der Waals surface area (Å²) in [5, 5.41) is 10.6. The number of aromatic nitrogens is 3. The first kappa shape index (κ1) is 13.1. The number of imide groups is 1. The van der Waals surface area contributed by atoms with Crippen molar-refractivity contribution in [2.75, 3.05) is 0 Å². The SMILES string of the molecule is O=C(ON1C(=O)c2ccccc2C1=O)c1ccc2n[nH]nc2c1. The molecule has 1 aromatic heterocycles. The van der Waals surface area contributed by atoms with Crippen LogP contribution < -0.4 is 0 Å². The van der Waals surface area contributed by atoms with E-state index in [1.807, 2.05) is 0 Å². The van der Waals surface area contributed by atoms with E-state index < -0.39 is 17.8 Å². The number of benzene rings is 2. The van der Waals surface area contributed by atoms with Crippen LogP contribution in [-0.2, 0) is 4.84 Å². The zero-order valence-electron chi connectivity index (χ0n) is 11.5. The third-order valence-corrected chi connectivity index (χ3v) is 3.48. The first-order valence-corrected chi connectivity index (χ1v) is 6.66. The van der Waals surface area contributed by atoms with Crippen molar-refractivity contribution in [1.29, 1.82) is 0 Å². The van der Waals surface area contributed by atoms with Crippen molar-refractivity contribution in [2.45, 2.75) is 0 Å². The van der Waals surface area contributed by atoms with Gasteiger partial charge in [0.1, 0.15) is 11.0 Å². The van der Waals surface area contributed by atoms with E-state index in [0.717, 1.165) is 0 Å². The van der Waals surface area contributed by atoms with Crippen LogP contribution in [0.3, 0.4) is 0 Å². The van der Waals surface area contributed by atoms with Gasteiger partial charge in [0.2, 0.25) is 0 Å². The summed E-state index contributed by atoms with van der Waals surface area (Å²) in [6.07, 6.45) is 0. The van der Waals surface area contributed by atoms with Crippen molar-refractivity contribution < 1.29 is 19.2 Å². The van der Waals surface area contributed by atoms with E-state index in [0.29, 0.717) is 16.1 Å². The van der Waals surface area contributed by atoms with E-state index in [-0.39, 0.29) is 16.7 Å². The van der Waals surface area contributed by atoms with Gasteiger partial charge in [0.05, 0.1) is 16.7 Å². The molecule has 2 aromatic carbocycles. The summed E-state index contributed by atoms with van der Waals surface area (Å²) in [7, 11) is 0. The molecule has 3 aromatic rings. The second-order valence-corrected chi connectivity index (χ2v) is 4.86. The van der Waals surface area contributed by atoms with Gasteiger partial charge >= 0.3 is 5.97 Å². The van der Waals surface area contributed by atoms with E-state index in [1.54, 1.807) is 18.2 Å². The van der Waals surface area contributed by atoms with Gasteiger partial charge in [-0.15, -0.1) is 0 Å². The van der Waals surface area contributed by atoms with Gasteiger partial charge in [0.15, 0.2) is 0 Å². The summed E-state index contributed by atoms with van der Waals surface area (Å²) in [5.74, 6) is -2.16. The van der Waals surface area contributed by atoms with Crippen LogP contribution in [0, 0.1) is 0 Å². The first-order chi connectivity index (χ1) is 11.1. The predicted octanol–water partition coefficient (Wildman–Crippen LogP) is 1.33. The zero-order chi connectivity index (χ0) is 16.0. The number of aromatic amines is 1. The maximum atomic E-state index is 12.2. The van der Waals surface area contributed by atoms with Gasteiger partial charge in [0, 0.05) is 0 Å². The van der Waals surface area contributed by atoms with Crippen molar-refractivity contribution in [1.82, 2.24) is 20.5 Å². The summed E-state index contributed by atoms with van der Waals surface area (Å²) in [5.41, 5.74) is 1.63. The van der Waals surface area contributed by atoms with Crippen LogP contribution in [0.1, 0.15) is 31.1 Å². The number of carbonyl (C=O) groups excluding carboxylic acids is 3. The van der Waals surface area contributed by atoms with Crippen molar-refractivity contribution >= 4 is 28.8 Å². The number of rotatable bonds is 2. The third-order valence-electron chi connectivity index (χ3n) is 3.48. The maximum Gasteiger partial charge on any atom is 0.364 e. The fourth-order valence-corrected chi connectivity index (χ4v) is 2.35. The van der Waals surface area contributed by atoms with Gasteiger partial charge in [-0.05, 0) is 30.3 Å². The van der Waals surface area contributed by atoms with Crippen molar-refractivity contribution in [2.24, 2.45) is 0 Å². The van der Waals surface area contributed by atoms with E-state index in [9.17, 15) is 14.4 Å². The minimum atomic E-state index is -0.829. The lowest BCUT2D eigenvalue weighted by Gasteiger charge is -2.12. The quantitative estimate of drug-likeness (QED) is 0.716. The third kappa shape index (κ3) is 1.96. The Morgan fingerprint density at radius 2 is 1.61 bits per heavy atom. The van der Waals surface area contributed by atoms with Crippen LogP contribution in [0.2, 0.25) is 0 Å². The maximum absolute atomic E-state index is 12.2. The molecule has 0 saturated heterocycles. The molecular weight excluding hydrogens is 300 g/mol. The molecule has 4 rings (SSSR count). The van der Waals surface area contributed by atoms with Crippen LogP contribution in [0.5, 0.6) is 0 Å². The second-order valence-electron chi connectivity index (χ2n) is 4.86. The average molecular weight is 308 g/mol. The molecule has 2 amide bonds. The number of nitrogens with one attached hydrogen (secondary N) is 1. The molecule has 0 atom stereocenters. The minimum Gasteiger partial charge on any atom is -0.324 e. The zero-order valence-corrected chi connectivity index (χ0v) is 11.5. The summed E-state index contributed by atoms with van der Waals surface area (Å²) in [6.45, 7) is 0. The lowest BCUT2D eigenvalue weighted by molar-refractivity contribution is -0.0584. The number of H-pyrrole nitrogens is 1. The number of hydrogen-bond donors (Lipinski definition) is 1. The van der Waals surface area contributed by atoms with Gasteiger partial charge in [-0.25, -0.2) is 4.79 Å². The van der Waals surface area contributed by atoms with Gasteiger partial charge in [-0.1, -0.05) is 17.2 Å². The molecule has 1 aliphatic heterocycles. The molecule has 8 heteroatoms. The summed E-state index contributed by atoms with van der Waals surface area (Å²) in [4.78, 5) is 41.4. The molecule has 0 aliphatic carbocycles. The lowest BCUT2D eigenvalue weighted by Crippen LogP contribution is -2.32. The Hall–Kier alpha value is -3.55. The van der Waals surface area contributed by atoms with E-state index in [1.165, 1.54) is 24.3 Å². The van der Waals surface area contributed by atoms with Crippen molar-refractivity contribution in [3.63, 3.8) is 0 Å². The number of fused-ring (bicyclic) bond motifs is 2. The van der Waals surface area contributed by atoms with Crippen LogP contribution in [0.4, 0.5) is 0 Å². The number of hydrogen-bond acceptors (Lipinski definition) is 6. The van der Waals surface area contributed by atoms with Gasteiger partial charge in [-0.2, -0.15) is 15.4 Å².